The summed E-state index contributed by atoms with van der Waals surface area (Å²) in [6.07, 6.45) is -4.81. The molecule has 0 aliphatic carbocycles. The van der Waals surface area contributed by atoms with Crippen molar-refractivity contribution in [3.05, 3.63) is 0 Å². The second-order valence-corrected chi connectivity index (χ2v) is 5.40. The molecule has 121 valence electrons. The highest BCUT2D eigenvalue weighted by molar-refractivity contribution is 5.92. The van der Waals surface area contributed by atoms with Gasteiger partial charge in [-0.2, -0.15) is 0 Å². The van der Waals surface area contributed by atoms with Crippen LogP contribution in [0.3, 0.4) is 0 Å². The van der Waals surface area contributed by atoms with E-state index in [1.807, 2.05) is 0 Å². The summed E-state index contributed by atoms with van der Waals surface area (Å²) in [6, 6.07) is -0.971. The molecule has 0 spiro atoms. The Morgan fingerprint density at radius 3 is 2.00 bits per heavy atom. The van der Waals surface area contributed by atoms with Crippen LogP contribution in [0.25, 0.3) is 0 Å². The molecular weight excluding hydrogens is 280 g/mol. The average molecular weight is 303 g/mol. The van der Waals surface area contributed by atoms with Crippen molar-refractivity contribution >= 4 is 11.9 Å². The molecule has 1 heterocycles. The van der Waals surface area contributed by atoms with Crippen LogP contribution in [0.2, 0.25) is 0 Å². The maximum absolute atomic E-state index is 12.2. The van der Waals surface area contributed by atoms with Crippen molar-refractivity contribution in [2.24, 2.45) is 5.10 Å². The van der Waals surface area contributed by atoms with Crippen LogP contribution in [0.4, 0.5) is 4.79 Å². The monoisotopic (exact) mass is 303 g/mol. The Bertz CT molecular complexity index is 401. The Hall–Kier alpha value is -1.42. The van der Waals surface area contributed by atoms with Gasteiger partial charge in [0.05, 0.1) is 18.7 Å². The van der Waals surface area contributed by atoms with Crippen LogP contribution >= 0.6 is 0 Å². The first kappa shape index (κ1) is 17.6. The van der Waals surface area contributed by atoms with Crippen molar-refractivity contribution in [1.29, 1.82) is 0 Å². The Morgan fingerprint density at radius 2 is 1.57 bits per heavy atom. The molecule has 0 aromatic carbocycles. The van der Waals surface area contributed by atoms with E-state index in [2.05, 4.69) is 10.5 Å². The lowest BCUT2D eigenvalue weighted by Crippen LogP contribution is -2.60. The first-order valence-corrected chi connectivity index (χ1v) is 6.78. The summed E-state index contributed by atoms with van der Waals surface area (Å²) in [7, 11) is 0. The number of amidine groups is 1. The summed E-state index contributed by atoms with van der Waals surface area (Å²) in [4.78, 5) is 12.2. The van der Waals surface area contributed by atoms with Gasteiger partial charge < -0.3 is 20.4 Å². The van der Waals surface area contributed by atoms with Gasteiger partial charge in [-0.3, -0.25) is 0 Å². The standard InChI is InChI=1S/C12H23N4O5/c1-6(2)15-12(21)16(7(3)4)14-11(13-15)10(20)9(19)8(18)5-17/h6-10,17-20H,5H2,1-4H3/t8-,9+,10-/m1/s1. The number of hydrazone groups is 1. The van der Waals surface area contributed by atoms with Crippen LogP contribution in [0.5, 0.6) is 0 Å². The van der Waals surface area contributed by atoms with Crippen LogP contribution in [-0.2, 0) is 0 Å². The SMILES string of the molecule is CC(C)N1[N]C([C@H](O)[C@@H](O)[C@H](O)CO)=NN(C(C)C)C1=O. The van der Waals surface area contributed by atoms with Crippen molar-refractivity contribution in [2.75, 3.05) is 6.61 Å². The van der Waals surface area contributed by atoms with Crippen LogP contribution in [-0.4, -0.2) is 79.3 Å². The second-order valence-electron chi connectivity index (χ2n) is 5.40. The van der Waals surface area contributed by atoms with Gasteiger partial charge in [0.15, 0.2) is 0 Å². The highest BCUT2D eigenvalue weighted by Crippen LogP contribution is 2.15. The second kappa shape index (κ2) is 7.03. The quantitative estimate of drug-likeness (QED) is 0.472. The number of hydrogen-bond acceptors (Lipinski definition) is 6. The number of rotatable bonds is 6. The minimum Gasteiger partial charge on any atom is -0.394 e. The van der Waals surface area contributed by atoms with Crippen molar-refractivity contribution in [2.45, 2.75) is 58.1 Å². The zero-order valence-corrected chi connectivity index (χ0v) is 12.6. The third kappa shape index (κ3) is 3.82. The Kier molecular flexibility index (Phi) is 5.90. The van der Waals surface area contributed by atoms with Crippen LogP contribution in [0, 0.1) is 0 Å². The molecule has 0 unspecified atom stereocenters. The molecule has 4 N–H and O–H groups in total. The lowest BCUT2D eigenvalue weighted by Gasteiger charge is -2.37. The normalized spacial score (nSPS) is 20.5. The smallest absolute Gasteiger partial charge is 0.361 e. The largest absolute Gasteiger partial charge is 0.394 e. The molecule has 9 heteroatoms. The number of hydrogen-bond donors (Lipinski definition) is 4. The molecule has 9 nitrogen and oxygen atoms in total. The molecule has 0 bridgehead atoms. The molecule has 2 amide bonds. The van der Waals surface area contributed by atoms with Crippen LogP contribution in [0.15, 0.2) is 5.10 Å². The van der Waals surface area contributed by atoms with Crippen LogP contribution < -0.4 is 5.43 Å². The van der Waals surface area contributed by atoms with E-state index in [9.17, 15) is 20.1 Å². The summed E-state index contributed by atoms with van der Waals surface area (Å²) in [5.41, 5.74) is 3.92. The van der Waals surface area contributed by atoms with Crippen molar-refractivity contribution in [3.8, 4) is 0 Å². The Balaban J connectivity index is 3.04. The average Bonchev–Trinajstić information content (AvgIpc) is 2.44. The number of urea groups is 1. The lowest BCUT2D eigenvalue weighted by atomic mass is 10.1. The Morgan fingerprint density at radius 1 is 1.05 bits per heavy atom. The predicted molar refractivity (Wildman–Crippen MR) is 74.0 cm³/mol. The van der Waals surface area contributed by atoms with E-state index < -0.39 is 30.9 Å². The summed E-state index contributed by atoms with van der Waals surface area (Å²) >= 11 is 0. The summed E-state index contributed by atoms with van der Waals surface area (Å²) < 4.78 is 0. The predicted octanol–water partition coefficient (Wildman–Crippen LogP) is -1.55. The number of amides is 2. The molecule has 1 rings (SSSR count). The fourth-order valence-electron chi connectivity index (χ4n) is 1.69. The third-order valence-corrected chi connectivity index (χ3v) is 2.96. The third-order valence-electron chi connectivity index (χ3n) is 2.96. The summed E-state index contributed by atoms with van der Waals surface area (Å²) in [5, 5.41) is 44.1. The highest BCUT2D eigenvalue weighted by Gasteiger charge is 2.38. The minimum atomic E-state index is -1.66. The highest BCUT2D eigenvalue weighted by atomic mass is 16.4. The van der Waals surface area contributed by atoms with Crippen molar-refractivity contribution in [3.63, 3.8) is 0 Å². The molecule has 0 saturated heterocycles. The van der Waals surface area contributed by atoms with Gasteiger partial charge in [0.1, 0.15) is 18.3 Å². The molecular formula is C12H23N4O5. The first-order valence-electron chi connectivity index (χ1n) is 6.78. The minimum absolute atomic E-state index is 0.197. The van der Waals surface area contributed by atoms with E-state index in [0.29, 0.717) is 0 Å². The van der Waals surface area contributed by atoms with E-state index in [0.717, 1.165) is 10.0 Å². The van der Waals surface area contributed by atoms with Crippen LogP contribution in [0.1, 0.15) is 27.7 Å². The Labute approximate surface area is 123 Å². The molecule has 3 atom stereocenters. The van der Waals surface area contributed by atoms with Gasteiger partial charge in [-0.1, -0.05) is 0 Å². The molecule has 1 radical (unpaired) electrons. The number of carbonyl (C=O) groups is 1. The van der Waals surface area contributed by atoms with Gasteiger partial charge in [-0.25, -0.2) is 14.8 Å². The number of nitrogens with zero attached hydrogens (tertiary/aromatic N) is 4. The number of aliphatic hydroxyl groups is 4. The van der Waals surface area contributed by atoms with Crippen molar-refractivity contribution < 1.29 is 25.2 Å². The van der Waals surface area contributed by atoms with Gasteiger partial charge in [0, 0.05) is 0 Å². The number of aliphatic hydroxyl groups excluding tert-OH is 4. The maximum Gasteiger partial charge on any atom is 0.361 e. The topological polar surface area (TPSA) is 131 Å². The van der Waals surface area contributed by atoms with E-state index in [-0.39, 0.29) is 17.9 Å². The van der Waals surface area contributed by atoms with Gasteiger partial charge in [0.2, 0.25) is 5.84 Å². The molecule has 21 heavy (non-hydrogen) atoms. The maximum atomic E-state index is 12.2. The first-order chi connectivity index (χ1) is 9.70. The van der Waals surface area contributed by atoms with Gasteiger partial charge in [0.25, 0.3) is 0 Å². The van der Waals surface area contributed by atoms with Gasteiger partial charge in [-0.05, 0) is 27.7 Å². The zero-order chi connectivity index (χ0) is 16.3. The summed E-state index contributed by atoms with van der Waals surface area (Å²) in [5.74, 6) is -0.197. The van der Waals surface area contributed by atoms with Crippen molar-refractivity contribution in [1.82, 2.24) is 15.4 Å². The van der Waals surface area contributed by atoms with Gasteiger partial charge >= 0.3 is 6.03 Å². The molecule has 0 fully saturated rings. The van der Waals surface area contributed by atoms with Gasteiger partial charge in [-0.15, -0.1) is 10.5 Å². The molecule has 0 aromatic rings. The summed E-state index contributed by atoms with van der Waals surface area (Å²) in [6.45, 7) is 6.26. The molecule has 1 aliphatic rings. The molecule has 0 aromatic heterocycles. The van der Waals surface area contributed by atoms with E-state index in [4.69, 9.17) is 5.11 Å². The molecule has 1 aliphatic heterocycles. The number of carbonyl (C=O) groups excluding carboxylic acids is 1. The fourth-order valence-corrected chi connectivity index (χ4v) is 1.69. The van der Waals surface area contributed by atoms with E-state index >= 15 is 0 Å². The molecule has 0 saturated carbocycles. The fraction of sp³-hybridized carbons (Fsp3) is 0.833. The lowest BCUT2D eigenvalue weighted by molar-refractivity contribution is -0.0586. The van der Waals surface area contributed by atoms with E-state index in [1.54, 1.807) is 27.7 Å². The van der Waals surface area contributed by atoms with E-state index in [1.165, 1.54) is 0 Å². The zero-order valence-electron chi connectivity index (χ0n) is 12.6.